The Kier molecular flexibility index (Phi) is 4.61. The highest BCUT2D eigenvalue weighted by atomic mass is 32.2. The Morgan fingerprint density at radius 2 is 2.17 bits per heavy atom. The third-order valence-electron chi connectivity index (χ3n) is 4.84. The number of carbonyl (C=O) groups excluding carboxylic acids is 1. The molecule has 2 aromatic rings. The predicted octanol–water partition coefficient (Wildman–Crippen LogP) is 3.77. The average molecular weight is 360 g/mol. The summed E-state index contributed by atoms with van der Waals surface area (Å²) in [6.45, 7) is 4.25. The summed E-state index contributed by atoms with van der Waals surface area (Å²) < 4.78 is 1.14. The molecule has 0 radical (unpaired) electrons. The van der Waals surface area contributed by atoms with E-state index in [9.17, 15) is 4.79 Å². The Hall–Kier alpha value is -1.37. The molecule has 5 heterocycles. The minimum absolute atomic E-state index is 0.0651. The molecule has 3 aliphatic rings. The number of nitrogens with zero attached hydrogens (tertiary/aromatic N) is 2. The molecule has 3 aliphatic heterocycles. The summed E-state index contributed by atoms with van der Waals surface area (Å²) in [5.41, 5.74) is 1.01. The van der Waals surface area contributed by atoms with Crippen LogP contribution in [0.25, 0.3) is 0 Å². The zero-order valence-corrected chi connectivity index (χ0v) is 15.3. The molecule has 126 valence electrons. The van der Waals surface area contributed by atoms with E-state index in [1.165, 1.54) is 12.8 Å². The highest BCUT2D eigenvalue weighted by molar-refractivity contribution is 8.01. The number of nitrogens with one attached hydrogen (secondary N) is 1. The number of amides is 1. The van der Waals surface area contributed by atoms with E-state index in [4.69, 9.17) is 0 Å². The molecule has 6 heteroatoms. The minimum atomic E-state index is 0.0651. The molecule has 1 N–H and O–H groups in total. The number of aryl methyl sites for hydroxylation is 1. The fraction of sp³-hybridized carbons (Fsp3) is 0.444. The van der Waals surface area contributed by atoms with Gasteiger partial charge in [0.05, 0.1) is 15.3 Å². The van der Waals surface area contributed by atoms with Crippen molar-refractivity contribution in [2.75, 3.05) is 13.1 Å². The van der Waals surface area contributed by atoms with E-state index in [1.807, 2.05) is 31.3 Å². The molecule has 2 bridgehead atoms. The highest BCUT2D eigenvalue weighted by Gasteiger charge is 2.34. The average Bonchev–Trinajstić information content (AvgIpc) is 3.05. The molecule has 1 atom stereocenters. The Labute approximate surface area is 150 Å². The van der Waals surface area contributed by atoms with Gasteiger partial charge in [-0.1, -0.05) is 11.8 Å². The van der Waals surface area contributed by atoms with Crippen molar-refractivity contribution < 1.29 is 4.79 Å². The molecule has 1 unspecified atom stereocenters. The maximum atomic E-state index is 12.6. The van der Waals surface area contributed by atoms with Crippen molar-refractivity contribution in [2.45, 2.75) is 41.5 Å². The van der Waals surface area contributed by atoms with Gasteiger partial charge in [-0.05, 0) is 56.4 Å². The van der Waals surface area contributed by atoms with Gasteiger partial charge >= 0.3 is 0 Å². The van der Waals surface area contributed by atoms with Crippen LogP contribution >= 0.6 is 23.1 Å². The Bertz CT molecular complexity index is 737. The lowest BCUT2D eigenvalue weighted by atomic mass is 9.86. The number of hydrogen-bond donors (Lipinski definition) is 1. The number of hydrogen-bond acceptors (Lipinski definition) is 5. The molecule has 0 aromatic carbocycles. The van der Waals surface area contributed by atoms with Gasteiger partial charge < -0.3 is 5.32 Å². The molecule has 24 heavy (non-hydrogen) atoms. The Morgan fingerprint density at radius 3 is 2.88 bits per heavy atom. The topological polar surface area (TPSA) is 45.2 Å². The lowest BCUT2D eigenvalue weighted by Gasteiger charge is -2.45. The fourth-order valence-electron chi connectivity index (χ4n) is 3.53. The Balaban J connectivity index is 1.40. The molecular formula is C18H21N3OS2. The first-order chi connectivity index (χ1) is 11.7. The Morgan fingerprint density at radius 1 is 1.33 bits per heavy atom. The van der Waals surface area contributed by atoms with E-state index >= 15 is 0 Å². The molecule has 2 aromatic heterocycles. The van der Waals surface area contributed by atoms with Crippen molar-refractivity contribution in [3.8, 4) is 0 Å². The summed E-state index contributed by atoms with van der Waals surface area (Å²) in [7, 11) is 0. The molecule has 0 spiro atoms. The van der Waals surface area contributed by atoms with Gasteiger partial charge in [-0.2, -0.15) is 0 Å². The van der Waals surface area contributed by atoms with Crippen LogP contribution in [0.1, 0.15) is 34.6 Å². The molecule has 3 saturated heterocycles. The zero-order chi connectivity index (χ0) is 16.5. The van der Waals surface area contributed by atoms with E-state index in [-0.39, 0.29) is 12.1 Å². The smallest absolute Gasteiger partial charge is 0.262 e. The van der Waals surface area contributed by atoms with Gasteiger partial charge in [0.25, 0.3) is 5.91 Å². The van der Waals surface area contributed by atoms with Gasteiger partial charge in [-0.25, -0.2) is 0 Å². The maximum absolute atomic E-state index is 12.6. The van der Waals surface area contributed by atoms with Crippen LogP contribution in [-0.4, -0.2) is 35.0 Å². The number of piperidine rings is 3. The van der Waals surface area contributed by atoms with E-state index in [2.05, 4.69) is 21.3 Å². The third-order valence-corrected chi connectivity index (χ3v) is 7.04. The van der Waals surface area contributed by atoms with Gasteiger partial charge in [0.1, 0.15) is 0 Å². The second kappa shape index (κ2) is 6.86. The molecule has 1 amide bonds. The second-order valence-electron chi connectivity index (χ2n) is 6.56. The van der Waals surface area contributed by atoms with E-state index in [1.54, 1.807) is 23.1 Å². The first-order valence-electron chi connectivity index (χ1n) is 8.42. The van der Waals surface area contributed by atoms with Crippen LogP contribution in [0.4, 0.5) is 0 Å². The van der Waals surface area contributed by atoms with Crippen molar-refractivity contribution in [1.29, 1.82) is 0 Å². The number of fused-ring (bicyclic) bond motifs is 3. The van der Waals surface area contributed by atoms with Crippen molar-refractivity contribution in [1.82, 2.24) is 15.2 Å². The van der Waals surface area contributed by atoms with Gasteiger partial charge in [0.15, 0.2) is 0 Å². The molecule has 4 nitrogen and oxygen atoms in total. The second-order valence-corrected chi connectivity index (χ2v) is 9.02. The fourth-order valence-corrected chi connectivity index (χ4v) is 5.63. The largest absolute Gasteiger partial charge is 0.336 e. The normalized spacial score (nSPS) is 25.6. The third kappa shape index (κ3) is 3.50. The van der Waals surface area contributed by atoms with E-state index < -0.39 is 0 Å². The van der Waals surface area contributed by atoms with Crippen LogP contribution in [0.2, 0.25) is 0 Å². The highest BCUT2D eigenvalue weighted by Crippen LogP contribution is 2.34. The maximum Gasteiger partial charge on any atom is 0.262 e. The lowest BCUT2D eigenvalue weighted by molar-refractivity contribution is 0.0296. The van der Waals surface area contributed by atoms with E-state index in [0.717, 1.165) is 45.1 Å². The van der Waals surface area contributed by atoms with Crippen LogP contribution in [0.5, 0.6) is 0 Å². The molecule has 0 aliphatic carbocycles. The van der Waals surface area contributed by atoms with Crippen molar-refractivity contribution in [2.24, 2.45) is 5.92 Å². The van der Waals surface area contributed by atoms with Crippen LogP contribution in [-0.2, 0) is 0 Å². The summed E-state index contributed by atoms with van der Waals surface area (Å²) in [4.78, 5) is 21.2. The summed E-state index contributed by atoms with van der Waals surface area (Å²) >= 11 is 3.25. The number of aromatic nitrogens is 1. The van der Waals surface area contributed by atoms with Gasteiger partial charge in [-0.3, -0.25) is 14.7 Å². The van der Waals surface area contributed by atoms with Gasteiger partial charge in [-0.15, -0.1) is 11.3 Å². The summed E-state index contributed by atoms with van der Waals surface area (Å²) in [5.74, 6) is 0.861. The SMILES string of the molecule is Cc1cc(Sc2ccc(C(=O)NC3CC4CCN3CC4)s2)ccn1. The number of carbonyl (C=O) groups is 1. The van der Waals surface area contributed by atoms with Crippen LogP contribution < -0.4 is 5.32 Å². The zero-order valence-electron chi connectivity index (χ0n) is 13.7. The van der Waals surface area contributed by atoms with E-state index in [0.29, 0.717) is 0 Å². The molecule has 5 rings (SSSR count). The minimum Gasteiger partial charge on any atom is -0.336 e. The lowest BCUT2D eigenvalue weighted by Crippen LogP contribution is -2.56. The van der Waals surface area contributed by atoms with Crippen LogP contribution in [0.3, 0.4) is 0 Å². The summed E-state index contributed by atoms with van der Waals surface area (Å²) in [6.07, 6.45) is 5.74. The quantitative estimate of drug-likeness (QED) is 0.902. The van der Waals surface area contributed by atoms with Gasteiger partial charge in [0.2, 0.25) is 0 Å². The standard InChI is InChI=1S/C18H21N3OS2/c1-12-10-14(4-7-19-12)23-17-3-2-15(24-17)18(22)20-16-11-13-5-8-21(16)9-6-13/h2-4,7,10,13,16H,5-6,8-9,11H2,1H3,(H,20,22). The van der Waals surface area contributed by atoms with Crippen molar-refractivity contribution >= 4 is 29.0 Å². The van der Waals surface area contributed by atoms with Crippen molar-refractivity contribution in [3.63, 3.8) is 0 Å². The first kappa shape index (κ1) is 16.1. The van der Waals surface area contributed by atoms with Crippen LogP contribution in [0, 0.1) is 12.8 Å². The van der Waals surface area contributed by atoms with Gasteiger partial charge in [0, 0.05) is 29.9 Å². The number of rotatable bonds is 4. The monoisotopic (exact) mass is 359 g/mol. The number of thiophene rings is 1. The number of pyridine rings is 1. The predicted molar refractivity (Wildman–Crippen MR) is 97.6 cm³/mol. The van der Waals surface area contributed by atoms with Crippen molar-refractivity contribution in [3.05, 3.63) is 41.0 Å². The summed E-state index contributed by atoms with van der Waals surface area (Å²) in [5, 5.41) is 3.23. The molecular weight excluding hydrogens is 338 g/mol. The molecule has 0 saturated carbocycles. The first-order valence-corrected chi connectivity index (χ1v) is 10.1. The summed E-state index contributed by atoms with van der Waals surface area (Å²) in [6, 6.07) is 8.04. The van der Waals surface area contributed by atoms with Crippen LogP contribution in [0.15, 0.2) is 39.6 Å². The molecule has 3 fully saturated rings.